The van der Waals surface area contributed by atoms with E-state index in [0.717, 1.165) is 0 Å². The van der Waals surface area contributed by atoms with Crippen molar-refractivity contribution in [3.8, 4) is 0 Å². The van der Waals surface area contributed by atoms with Crippen molar-refractivity contribution in [3.63, 3.8) is 0 Å². The minimum atomic E-state index is -0.117. The van der Waals surface area contributed by atoms with E-state index in [0.29, 0.717) is 18.2 Å². The number of hydrogen-bond donors (Lipinski definition) is 3. The largest absolute Gasteiger partial charge is 0.367 e. The minimum Gasteiger partial charge on any atom is -0.367 e. The smallest absolute Gasteiger partial charge is 0.316 e. The molecule has 0 aliphatic carbocycles. The molecular weight excluding hydrogens is 216 g/mol. The molecule has 1 rings (SSSR count). The Morgan fingerprint density at radius 1 is 1.53 bits per heavy atom. The molecule has 4 N–H and O–H groups in total. The minimum absolute atomic E-state index is 0.117. The van der Waals surface area contributed by atoms with Gasteiger partial charge in [0.2, 0.25) is 11.1 Å². The highest BCUT2D eigenvalue weighted by atomic mass is 32.1. The van der Waals surface area contributed by atoms with Gasteiger partial charge in [-0.1, -0.05) is 0 Å². The number of hydrogen-bond acceptors (Lipinski definition) is 6. The first kappa shape index (κ1) is 11.5. The first-order valence-corrected chi connectivity index (χ1v) is 5.15. The van der Waals surface area contributed by atoms with E-state index in [1.807, 2.05) is 0 Å². The summed E-state index contributed by atoms with van der Waals surface area (Å²) < 4.78 is 3.81. The van der Waals surface area contributed by atoms with Crippen LogP contribution in [0.3, 0.4) is 0 Å². The lowest BCUT2D eigenvalue weighted by atomic mass is 10.6. The number of rotatable bonds is 4. The van der Waals surface area contributed by atoms with Crippen molar-refractivity contribution in [1.82, 2.24) is 19.6 Å². The Labute approximate surface area is 91.8 Å². The van der Waals surface area contributed by atoms with Crippen LogP contribution in [0.15, 0.2) is 0 Å². The molecule has 1 aromatic heterocycles. The fraction of sp³-hybridized carbons (Fsp3) is 0.571. The summed E-state index contributed by atoms with van der Waals surface area (Å²) in [5.41, 5.74) is 5.34. The highest BCUT2D eigenvalue weighted by molar-refractivity contribution is 7.09. The van der Waals surface area contributed by atoms with Crippen LogP contribution in [-0.2, 0) is 0 Å². The summed E-state index contributed by atoms with van der Waals surface area (Å²) in [5, 5.41) is 6.36. The number of carbonyl (C=O) groups is 1. The molecule has 0 aromatic carbocycles. The first-order valence-electron chi connectivity index (χ1n) is 4.38. The summed E-state index contributed by atoms with van der Waals surface area (Å²) in [6.07, 6.45) is 0. The topological polar surface area (TPSA) is 96.2 Å². The van der Waals surface area contributed by atoms with Crippen LogP contribution in [0.25, 0.3) is 0 Å². The lowest BCUT2D eigenvalue weighted by Crippen LogP contribution is -2.37. The zero-order chi connectivity index (χ0) is 11.3. The standard InChI is InChI=1S/C7H14N6OS/c1-13(2)7(14)10-4-3-9-6-11-5(8)12-15-6/h3-4H2,1-2H3,(H,10,14)(H3,8,9,11,12). The molecule has 15 heavy (non-hydrogen) atoms. The van der Waals surface area contributed by atoms with Gasteiger partial charge >= 0.3 is 6.03 Å². The number of nitrogens with zero attached hydrogens (tertiary/aromatic N) is 3. The highest BCUT2D eigenvalue weighted by Gasteiger charge is 2.02. The van der Waals surface area contributed by atoms with Crippen molar-refractivity contribution in [1.29, 1.82) is 0 Å². The Hall–Kier alpha value is -1.57. The number of anilines is 2. The highest BCUT2D eigenvalue weighted by Crippen LogP contribution is 2.10. The van der Waals surface area contributed by atoms with Gasteiger partial charge in [-0.15, -0.1) is 0 Å². The second-order valence-electron chi connectivity index (χ2n) is 3.01. The fourth-order valence-electron chi connectivity index (χ4n) is 0.804. The molecule has 2 amide bonds. The molecule has 0 radical (unpaired) electrons. The van der Waals surface area contributed by atoms with Crippen molar-refractivity contribution in [3.05, 3.63) is 0 Å². The molecule has 7 nitrogen and oxygen atoms in total. The summed E-state index contributed by atoms with van der Waals surface area (Å²) in [4.78, 5) is 16.5. The van der Waals surface area contributed by atoms with E-state index < -0.39 is 0 Å². The second kappa shape index (κ2) is 5.35. The SMILES string of the molecule is CN(C)C(=O)NCCNc1nc(N)ns1. The van der Waals surface area contributed by atoms with E-state index in [2.05, 4.69) is 20.0 Å². The van der Waals surface area contributed by atoms with E-state index in [-0.39, 0.29) is 12.0 Å². The van der Waals surface area contributed by atoms with Gasteiger partial charge in [0.25, 0.3) is 0 Å². The van der Waals surface area contributed by atoms with Gasteiger partial charge in [0.05, 0.1) is 0 Å². The molecule has 1 heterocycles. The Bertz CT molecular complexity index is 325. The van der Waals surface area contributed by atoms with Crippen LogP contribution in [0.5, 0.6) is 0 Å². The summed E-state index contributed by atoms with van der Waals surface area (Å²) in [6, 6.07) is -0.117. The van der Waals surface area contributed by atoms with Crippen molar-refractivity contribution in [2.45, 2.75) is 0 Å². The molecular formula is C7H14N6OS. The molecule has 0 bridgehead atoms. The summed E-state index contributed by atoms with van der Waals surface area (Å²) >= 11 is 1.19. The van der Waals surface area contributed by atoms with Gasteiger partial charge < -0.3 is 21.3 Å². The van der Waals surface area contributed by atoms with Gasteiger partial charge in [0.15, 0.2) is 0 Å². The van der Waals surface area contributed by atoms with Crippen LogP contribution in [0, 0.1) is 0 Å². The fourth-order valence-corrected chi connectivity index (χ4v) is 1.33. The van der Waals surface area contributed by atoms with Gasteiger partial charge in [0, 0.05) is 38.7 Å². The third kappa shape index (κ3) is 3.98. The Morgan fingerprint density at radius 2 is 2.27 bits per heavy atom. The van der Waals surface area contributed by atoms with Gasteiger partial charge in [-0.05, 0) is 0 Å². The van der Waals surface area contributed by atoms with E-state index in [4.69, 9.17) is 5.73 Å². The Balaban J connectivity index is 2.15. The van der Waals surface area contributed by atoms with Gasteiger partial charge in [-0.25, -0.2) is 4.79 Å². The van der Waals surface area contributed by atoms with Crippen molar-refractivity contribution in [2.24, 2.45) is 0 Å². The van der Waals surface area contributed by atoms with E-state index >= 15 is 0 Å². The average molecular weight is 230 g/mol. The predicted molar refractivity (Wildman–Crippen MR) is 59.9 cm³/mol. The van der Waals surface area contributed by atoms with Gasteiger partial charge in [-0.2, -0.15) is 9.36 Å². The first-order chi connectivity index (χ1) is 7.09. The molecule has 0 aliphatic rings. The Kier molecular flexibility index (Phi) is 4.10. The van der Waals surface area contributed by atoms with Crippen LogP contribution in [0.1, 0.15) is 0 Å². The second-order valence-corrected chi connectivity index (χ2v) is 3.76. The quantitative estimate of drug-likeness (QED) is 0.623. The van der Waals surface area contributed by atoms with Crippen LogP contribution in [0.4, 0.5) is 15.9 Å². The average Bonchev–Trinajstić information content (AvgIpc) is 2.58. The molecule has 0 saturated carbocycles. The molecule has 0 aliphatic heterocycles. The normalized spacial score (nSPS) is 9.73. The third-order valence-electron chi connectivity index (χ3n) is 1.53. The number of aromatic nitrogens is 2. The van der Waals surface area contributed by atoms with Crippen LogP contribution >= 0.6 is 11.5 Å². The molecule has 84 valence electrons. The van der Waals surface area contributed by atoms with Crippen molar-refractivity contribution < 1.29 is 4.79 Å². The summed E-state index contributed by atoms with van der Waals surface area (Å²) in [6.45, 7) is 1.12. The predicted octanol–water partition coefficient (Wildman–Crippen LogP) is -0.197. The van der Waals surface area contributed by atoms with Crippen LogP contribution in [-0.4, -0.2) is 47.5 Å². The third-order valence-corrected chi connectivity index (χ3v) is 2.21. The van der Waals surface area contributed by atoms with Gasteiger partial charge in [0.1, 0.15) is 0 Å². The number of nitrogen functional groups attached to an aromatic ring is 1. The summed E-state index contributed by atoms with van der Waals surface area (Å²) in [7, 11) is 3.38. The number of urea groups is 1. The van der Waals surface area contributed by atoms with Crippen molar-refractivity contribution >= 4 is 28.6 Å². The van der Waals surface area contributed by atoms with Crippen molar-refractivity contribution in [2.75, 3.05) is 38.2 Å². The monoisotopic (exact) mass is 230 g/mol. The van der Waals surface area contributed by atoms with E-state index in [1.165, 1.54) is 16.4 Å². The zero-order valence-electron chi connectivity index (χ0n) is 8.65. The van der Waals surface area contributed by atoms with Gasteiger partial charge in [-0.3, -0.25) is 0 Å². The maximum Gasteiger partial charge on any atom is 0.316 e. The molecule has 0 fully saturated rings. The Morgan fingerprint density at radius 3 is 2.80 bits per heavy atom. The lowest BCUT2D eigenvalue weighted by Gasteiger charge is -2.11. The zero-order valence-corrected chi connectivity index (χ0v) is 9.47. The number of amides is 2. The molecule has 0 atom stereocenters. The number of nitrogens with one attached hydrogen (secondary N) is 2. The molecule has 0 unspecified atom stereocenters. The molecule has 8 heteroatoms. The molecule has 1 aromatic rings. The molecule has 0 spiro atoms. The molecule has 0 saturated heterocycles. The van der Waals surface area contributed by atoms with E-state index in [1.54, 1.807) is 14.1 Å². The number of nitrogens with two attached hydrogens (primary N) is 1. The summed E-state index contributed by atoms with van der Waals surface area (Å²) in [5.74, 6) is 0.264. The van der Waals surface area contributed by atoms with Crippen LogP contribution in [0.2, 0.25) is 0 Å². The van der Waals surface area contributed by atoms with E-state index in [9.17, 15) is 4.79 Å². The lowest BCUT2D eigenvalue weighted by molar-refractivity contribution is 0.218. The van der Waals surface area contributed by atoms with Crippen LogP contribution < -0.4 is 16.4 Å². The maximum atomic E-state index is 11.1. The maximum absolute atomic E-state index is 11.1. The number of carbonyl (C=O) groups excluding carboxylic acids is 1.